The number of carbonyl (C=O) groups excluding carboxylic acids is 1. The molecular weight excluding hydrogens is 380 g/mol. The largest absolute Gasteiger partial charge is 0.459 e. The van der Waals surface area contributed by atoms with Gasteiger partial charge < -0.3 is 9.64 Å². The second-order valence-electron chi connectivity index (χ2n) is 6.47. The summed E-state index contributed by atoms with van der Waals surface area (Å²) in [5.41, 5.74) is 2.91. The molecule has 1 aliphatic rings. The third kappa shape index (κ3) is 4.15. The zero-order valence-corrected chi connectivity index (χ0v) is 16.2. The molecule has 0 amide bonds. The summed E-state index contributed by atoms with van der Waals surface area (Å²) in [7, 11) is 0. The molecule has 1 unspecified atom stereocenters. The highest BCUT2D eigenvalue weighted by atomic mass is 35.5. The van der Waals surface area contributed by atoms with Crippen LogP contribution in [0.3, 0.4) is 0 Å². The number of anilines is 1. The van der Waals surface area contributed by atoms with Gasteiger partial charge in [0.25, 0.3) is 0 Å². The first-order valence-electron chi connectivity index (χ1n) is 8.89. The van der Waals surface area contributed by atoms with E-state index in [1.807, 2.05) is 60.0 Å². The maximum Gasteiger partial charge on any atom is 0.329 e. The van der Waals surface area contributed by atoms with Crippen LogP contribution in [0.5, 0.6) is 0 Å². The molecule has 0 radical (unpaired) electrons. The number of carbonyl (C=O) groups is 1. The van der Waals surface area contributed by atoms with Crippen molar-refractivity contribution in [2.24, 2.45) is 0 Å². The fraction of sp³-hybridized carbons (Fsp3) is 0.238. The Morgan fingerprint density at radius 2 is 1.96 bits per heavy atom. The summed E-state index contributed by atoms with van der Waals surface area (Å²) < 4.78 is 5.55. The van der Waals surface area contributed by atoms with Gasteiger partial charge in [-0.1, -0.05) is 54.1 Å². The number of benzene rings is 2. The number of hydrogen-bond donors (Lipinski definition) is 0. The van der Waals surface area contributed by atoms with Crippen molar-refractivity contribution >= 4 is 34.0 Å². The Kier molecular flexibility index (Phi) is 5.41. The summed E-state index contributed by atoms with van der Waals surface area (Å²) >= 11 is 7.51. The van der Waals surface area contributed by atoms with E-state index < -0.39 is 0 Å². The van der Waals surface area contributed by atoms with Crippen molar-refractivity contribution in [1.82, 2.24) is 4.98 Å². The van der Waals surface area contributed by atoms with Gasteiger partial charge in [0.15, 0.2) is 5.13 Å². The lowest BCUT2D eigenvalue weighted by Crippen LogP contribution is -2.37. The van der Waals surface area contributed by atoms with E-state index in [0.717, 1.165) is 41.3 Å². The molecule has 27 heavy (non-hydrogen) atoms. The Hall–Kier alpha value is -2.37. The van der Waals surface area contributed by atoms with E-state index in [9.17, 15) is 4.79 Å². The quantitative estimate of drug-likeness (QED) is 0.555. The van der Waals surface area contributed by atoms with Crippen molar-refractivity contribution in [3.63, 3.8) is 0 Å². The van der Waals surface area contributed by atoms with E-state index in [4.69, 9.17) is 21.3 Å². The van der Waals surface area contributed by atoms with Gasteiger partial charge in [-0.25, -0.2) is 9.78 Å². The molecule has 0 bridgehead atoms. The van der Waals surface area contributed by atoms with Gasteiger partial charge in [-0.05, 0) is 30.5 Å². The number of rotatable bonds is 5. The van der Waals surface area contributed by atoms with E-state index in [0.29, 0.717) is 11.6 Å². The van der Waals surface area contributed by atoms with Crippen molar-refractivity contribution < 1.29 is 9.53 Å². The fourth-order valence-corrected chi connectivity index (χ4v) is 4.25. The first-order chi connectivity index (χ1) is 13.2. The number of hydrogen-bond acceptors (Lipinski definition) is 5. The molecule has 0 aliphatic carbocycles. The maximum atomic E-state index is 12.6. The summed E-state index contributed by atoms with van der Waals surface area (Å²) in [4.78, 5) is 19.4. The molecule has 2 aromatic carbocycles. The van der Waals surface area contributed by atoms with Crippen LogP contribution in [0.1, 0.15) is 18.4 Å². The molecule has 1 aliphatic heterocycles. The molecule has 0 saturated carbocycles. The Morgan fingerprint density at radius 1 is 1.19 bits per heavy atom. The predicted octanol–water partition coefficient (Wildman–Crippen LogP) is 5.18. The second-order valence-corrected chi connectivity index (χ2v) is 7.74. The van der Waals surface area contributed by atoms with Gasteiger partial charge in [-0.3, -0.25) is 0 Å². The van der Waals surface area contributed by atoms with Crippen LogP contribution in [0.15, 0.2) is 60.0 Å². The topological polar surface area (TPSA) is 42.4 Å². The van der Waals surface area contributed by atoms with Crippen molar-refractivity contribution in [3.8, 4) is 11.3 Å². The molecule has 4 rings (SSSR count). The minimum atomic E-state index is -0.266. The highest BCUT2D eigenvalue weighted by molar-refractivity contribution is 7.14. The van der Waals surface area contributed by atoms with Crippen LogP contribution in [0.2, 0.25) is 5.02 Å². The number of nitrogens with zero attached hydrogens (tertiary/aromatic N) is 2. The molecule has 1 fully saturated rings. The fourth-order valence-electron chi connectivity index (χ4n) is 3.22. The van der Waals surface area contributed by atoms with Crippen LogP contribution >= 0.6 is 22.9 Å². The Morgan fingerprint density at radius 3 is 2.74 bits per heavy atom. The van der Waals surface area contributed by atoms with Gasteiger partial charge in [-0.15, -0.1) is 11.3 Å². The molecule has 1 aromatic heterocycles. The standard InChI is InChI=1S/C21H19ClN2O2S/c22-17-10-8-16(9-11-17)18-14-27-21(23-18)24-12-4-7-19(24)20(25)26-13-15-5-2-1-3-6-15/h1-3,5-6,8-11,14,19H,4,7,12-13H2. The molecule has 138 valence electrons. The Bertz CT molecular complexity index is 911. The molecule has 0 spiro atoms. The normalized spacial score (nSPS) is 16.5. The third-order valence-corrected chi connectivity index (χ3v) is 5.76. The average molecular weight is 399 g/mol. The van der Waals surface area contributed by atoms with Gasteiger partial charge in [0.2, 0.25) is 0 Å². The number of thiazole rings is 1. The zero-order valence-electron chi connectivity index (χ0n) is 14.7. The van der Waals surface area contributed by atoms with Gasteiger partial charge >= 0.3 is 5.97 Å². The predicted molar refractivity (Wildman–Crippen MR) is 109 cm³/mol. The first-order valence-corrected chi connectivity index (χ1v) is 10.1. The van der Waals surface area contributed by atoms with Crippen LogP contribution in [0, 0.1) is 0 Å². The van der Waals surface area contributed by atoms with Gasteiger partial charge in [0.1, 0.15) is 12.6 Å². The Labute approximate surface area is 167 Å². The molecule has 1 saturated heterocycles. The number of ether oxygens (including phenoxy) is 1. The van der Waals surface area contributed by atoms with E-state index >= 15 is 0 Å². The molecule has 6 heteroatoms. The third-order valence-electron chi connectivity index (χ3n) is 4.63. The van der Waals surface area contributed by atoms with E-state index in [1.165, 1.54) is 0 Å². The molecule has 1 atom stereocenters. The minimum absolute atomic E-state index is 0.181. The summed E-state index contributed by atoms with van der Waals surface area (Å²) in [6, 6.07) is 17.1. The van der Waals surface area contributed by atoms with Gasteiger partial charge in [0, 0.05) is 22.5 Å². The van der Waals surface area contributed by atoms with Crippen molar-refractivity contribution in [2.75, 3.05) is 11.4 Å². The van der Waals surface area contributed by atoms with Crippen LogP contribution in [-0.4, -0.2) is 23.5 Å². The van der Waals surface area contributed by atoms with Crippen LogP contribution in [0.25, 0.3) is 11.3 Å². The van der Waals surface area contributed by atoms with Crippen molar-refractivity contribution in [2.45, 2.75) is 25.5 Å². The molecular formula is C21H19ClN2O2S. The number of aromatic nitrogens is 1. The molecule has 3 aromatic rings. The van der Waals surface area contributed by atoms with Crippen LogP contribution in [-0.2, 0) is 16.1 Å². The highest BCUT2D eigenvalue weighted by Crippen LogP contribution is 2.33. The molecule has 0 N–H and O–H groups in total. The Balaban J connectivity index is 1.45. The second kappa shape index (κ2) is 8.11. The van der Waals surface area contributed by atoms with Crippen molar-refractivity contribution in [1.29, 1.82) is 0 Å². The number of halogens is 1. The van der Waals surface area contributed by atoms with Crippen molar-refractivity contribution in [3.05, 3.63) is 70.6 Å². The highest BCUT2D eigenvalue weighted by Gasteiger charge is 2.33. The van der Waals surface area contributed by atoms with E-state index in [2.05, 4.69) is 4.90 Å². The lowest BCUT2D eigenvalue weighted by molar-refractivity contribution is -0.146. The van der Waals surface area contributed by atoms with Gasteiger partial charge in [-0.2, -0.15) is 0 Å². The maximum absolute atomic E-state index is 12.6. The van der Waals surface area contributed by atoms with Gasteiger partial charge in [0.05, 0.1) is 5.69 Å². The van der Waals surface area contributed by atoms with E-state index in [1.54, 1.807) is 11.3 Å². The number of esters is 1. The lowest BCUT2D eigenvalue weighted by atomic mass is 10.2. The monoisotopic (exact) mass is 398 g/mol. The summed E-state index contributed by atoms with van der Waals surface area (Å²) in [5.74, 6) is -0.181. The smallest absolute Gasteiger partial charge is 0.329 e. The van der Waals surface area contributed by atoms with Crippen LogP contribution < -0.4 is 4.90 Å². The average Bonchev–Trinajstić information content (AvgIpc) is 3.37. The van der Waals surface area contributed by atoms with E-state index in [-0.39, 0.29) is 12.0 Å². The lowest BCUT2D eigenvalue weighted by Gasteiger charge is -2.22. The summed E-state index contributed by atoms with van der Waals surface area (Å²) in [5, 5.41) is 3.58. The molecule has 4 nitrogen and oxygen atoms in total. The zero-order chi connectivity index (χ0) is 18.6. The first kappa shape index (κ1) is 18.0. The minimum Gasteiger partial charge on any atom is -0.459 e. The summed E-state index contributed by atoms with van der Waals surface area (Å²) in [6.07, 6.45) is 1.75. The SMILES string of the molecule is O=C(OCc1ccccc1)C1CCCN1c1nc(-c2ccc(Cl)cc2)cs1. The van der Waals surface area contributed by atoms with Crippen LogP contribution in [0.4, 0.5) is 5.13 Å². The summed E-state index contributed by atoms with van der Waals surface area (Å²) in [6.45, 7) is 1.12. The molecule has 2 heterocycles.